The summed E-state index contributed by atoms with van der Waals surface area (Å²) < 4.78 is 11.7. The maximum atomic E-state index is 5.49. The number of hydrogen-bond donors (Lipinski definition) is 1. The number of nitrogens with one attached hydrogen (secondary N) is 1. The van der Waals surface area contributed by atoms with E-state index >= 15 is 0 Å². The smallest absolute Gasteiger partial charge is 0.124 e. The van der Waals surface area contributed by atoms with Crippen molar-refractivity contribution in [2.75, 3.05) is 21.3 Å². The Morgan fingerprint density at radius 2 is 1.76 bits per heavy atom. The molecule has 1 atom stereocenters. The number of halogens is 1. The summed E-state index contributed by atoms with van der Waals surface area (Å²) in [5.41, 5.74) is 2.40. The Kier molecular flexibility index (Phi) is 5.65. The van der Waals surface area contributed by atoms with E-state index in [-0.39, 0.29) is 6.04 Å². The fourth-order valence-electron chi connectivity index (χ4n) is 2.34. The Morgan fingerprint density at radius 1 is 1.05 bits per heavy atom. The predicted octanol–water partition coefficient (Wildman–Crippen LogP) is 3.97. The minimum atomic E-state index is 0.196. The molecule has 4 heteroatoms. The maximum absolute atomic E-state index is 5.49. The van der Waals surface area contributed by atoms with Gasteiger partial charge in [0.25, 0.3) is 0 Å². The first-order valence-corrected chi connectivity index (χ1v) is 7.61. The molecule has 0 spiro atoms. The summed E-state index contributed by atoms with van der Waals surface area (Å²) in [5.74, 6) is 1.76. The predicted molar refractivity (Wildman–Crippen MR) is 89.2 cm³/mol. The molecular weight excluding hydrogens is 330 g/mol. The second-order valence-corrected chi connectivity index (χ2v) is 5.70. The van der Waals surface area contributed by atoms with Gasteiger partial charge in [-0.15, -0.1) is 0 Å². The van der Waals surface area contributed by atoms with Crippen LogP contribution in [0.25, 0.3) is 0 Å². The van der Waals surface area contributed by atoms with Crippen molar-refractivity contribution in [1.82, 2.24) is 5.32 Å². The van der Waals surface area contributed by atoms with Crippen LogP contribution in [0.2, 0.25) is 0 Å². The van der Waals surface area contributed by atoms with Crippen LogP contribution in [0.3, 0.4) is 0 Å². The summed E-state index contributed by atoms with van der Waals surface area (Å²) in [6.45, 7) is 0. The van der Waals surface area contributed by atoms with Gasteiger partial charge in [0.05, 0.1) is 14.2 Å². The van der Waals surface area contributed by atoms with Gasteiger partial charge in [0.15, 0.2) is 0 Å². The lowest BCUT2D eigenvalue weighted by Gasteiger charge is -2.20. The molecular formula is C17H20BrNO2. The van der Waals surface area contributed by atoms with Crippen LogP contribution in [0.15, 0.2) is 46.9 Å². The van der Waals surface area contributed by atoms with Crippen molar-refractivity contribution in [3.8, 4) is 11.5 Å². The van der Waals surface area contributed by atoms with Crippen molar-refractivity contribution in [1.29, 1.82) is 0 Å². The van der Waals surface area contributed by atoms with Crippen molar-refractivity contribution in [3.63, 3.8) is 0 Å². The van der Waals surface area contributed by atoms with Crippen LogP contribution in [0, 0.1) is 0 Å². The molecule has 2 rings (SSSR count). The zero-order valence-corrected chi connectivity index (χ0v) is 14.1. The fourth-order valence-corrected chi connectivity index (χ4v) is 2.68. The lowest BCUT2D eigenvalue weighted by atomic mass is 9.98. The largest absolute Gasteiger partial charge is 0.497 e. The van der Waals surface area contributed by atoms with E-state index in [1.165, 1.54) is 5.56 Å². The molecule has 0 aliphatic rings. The molecule has 0 bridgehead atoms. The van der Waals surface area contributed by atoms with Crippen LogP contribution in [0.1, 0.15) is 17.2 Å². The van der Waals surface area contributed by atoms with E-state index in [9.17, 15) is 0 Å². The number of rotatable bonds is 6. The third kappa shape index (κ3) is 3.99. The van der Waals surface area contributed by atoms with Gasteiger partial charge < -0.3 is 14.8 Å². The van der Waals surface area contributed by atoms with Gasteiger partial charge in [-0.1, -0.05) is 34.1 Å². The third-order valence-corrected chi connectivity index (χ3v) is 4.01. The number of benzene rings is 2. The summed E-state index contributed by atoms with van der Waals surface area (Å²) in [7, 11) is 5.35. The minimum absolute atomic E-state index is 0.196. The Labute approximate surface area is 134 Å². The molecule has 0 heterocycles. The second kappa shape index (κ2) is 7.48. The molecule has 2 aromatic rings. The van der Waals surface area contributed by atoms with Crippen LogP contribution in [0.4, 0.5) is 0 Å². The zero-order chi connectivity index (χ0) is 15.2. The molecule has 21 heavy (non-hydrogen) atoms. The van der Waals surface area contributed by atoms with Crippen LogP contribution in [0.5, 0.6) is 11.5 Å². The lowest BCUT2D eigenvalue weighted by Crippen LogP contribution is -2.19. The van der Waals surface area contributed by atoms with Gasteiger partial charge in [0.1, 0.15) is 11.5 Å². The van der Waals surface area contributed by atoms with E-state index in [1.54, 1.807) is 14.2 Å². The van der Waals surface area contributed by atoms with E-state index in [1.807, 2.05) is 31.3 Å². The molecule has 0 fully saturated rings. The van der Waals surface area contributed by atoms with Crippen LogP contribution >= 0.6 is 15.9 Å². The first kappa shape index (κ1) is 15.9. The fraction of sp³-hybridized carbons (Fsp3) is 0.294. The normalized spacial score (nSPS) is 12.0. The summed E-state index contributed by atoms with van der Waals surface area (Å²) in [5, 5.41) is 3.36. The van der Waals surface area contributed by atoms with Crippen molar-refractivity contribution >= 4 is 15.9 Å². The van der Waals surface area contributed by atoms with E-state index in [0.717, 1.165) is 28.0 Å². The number of methoxy groups -OCH3 is 2. The average molecular weight is 350 g/mol. The highest BCUT2D eigenvalue weighted by molar-refractivity contribution is 9.10. The summed E-state index contributed by atoms with van der Waals surface area (Å²) >= 11 is 3.48. The van der Waals surface area contributed by atoms with Gasteiger partial charge in [0.2, 0.25) is 0 Å². The molecule has 112 valence electrons. The van der Waals surface area contributed by atoms with E-state index in [0.29, 0.717) is 0 Å². The van der Waals surface area contributed by atoms with Gasteiger partial charge >= 0.3 is 0 Å². The summed E-state index contributed by atoms with van der Waals surface area (Å²) in [4.78, 5) is 0. The van der Waals surface area contributed by atoms with Gasteiger partial charge in [-0.3, -0.25) is 0 Å². The summed E-state index contributed by atoms with van der Waals surface area (Å²) in [6, 6.07) is 14.5. The summed E-state index contributed by atoms with van der Waals surface area (Å²) in [6.07, 6.45) is 0.887. The minimum Gasteiger partial charge on any atom is -0.497 e. The van der Waals surface area contributed by atoms with Crippen molar-refractivity contribution in [2.45, 2.75) is 12.5 Å². The standard InChI is InChI=1S/C17H20BrNO2/c1-19-16(10-12-4-7-14(20-2)8-5-12)15-9-6-13(18)11-17(15)21-3/h4-9,11,16,19H,10H2,1-3H3. The Balaban J connectivity index is 2.22. The van der Waals surface area contributed by atoms with E-state index < -0.39 is 0 Å². The van der Waals surface area contributed by atoms with Crippen molar-refractivity contribution in [3.05, 3.63) is 58.1 Å². The molecule has 0 saturated heterocycles. The average Bonchev–Trinajstić information content (AvgIpc) is 2.53. The van der Waals surface area contributed by atoms with E-state index in [2.05, 4.69) is 39.4 Å². The lowest BCUT2D eigenvalue weighted by molar-refractivity contribution is 0.400. The topological polar surface area (TPSA) is 30.5 Å². The quantitative estimate of drug-likeness (QED) is 0.855. The number of ether oxygens (including phenoxy) is 2. The molecule has 3 nitrogen and oxygen atoms in total. The highest BCUT2D eigenvalue weighted by Crippen LogP contribution is 2.30. The second-order valence-electron chi connectivity index (χ2n) is 4.78. The molecule has 0 radical (unpaired) electrons. The highest BCUT2D eigenvalue weighted by Gasteiger charge is 2.15. The van der Waals surface area contributed by atoms with Gasteiger partial charge in [-0.2, -0.15) is 0 Å². The monoisotopic (exact) mass is 349 g/mol. The highest BCUT2D eigenvalue weighted by atomic mass is 79.9. The van der Waals surface area contributed by atoms with Crippen LogP contribution < -0.4 is 14.8 Å². The van der Waals surface area contributed by atoms with Gasteiger partial charge in [-0.05, 0) is 43.3 Å². The maximum Gasteiger partial charge on any atom is 0.124 e. The first-order valence-electron chi connectivity index (χ1n) is 6.81. The van der Waals surface area contributed by atoms with Crippen molar-refractivity contribution < 1.29 is 9.47 Å². The van der Waals surface area contributed by atoms with E-state index in [4.69, 9.17) is 9.47 Å². The molecule has 2 aromatic carbocycles. The SMILES string of the molecule is CNC(Cc1ccc(OC)cc1)c1ccc(Br)cc1OC. The Bertz CT molecular complexity index is 584. The number of likely N-dealkylation sites (N-methyl/N-ethyl adjacent to an activating group) is 1. The molecule has 0 saturated carbocycles. The molecule has 1 unspecified atom stereocenters. The van der Waals surface area contributed by atoms with Crippen molar-refractivity contribution in [2.24, 2.45) is 0 Å². The molecule has 0 amide bonds. The first-order chi connectivity index (χ1) is 10.2. The van der Waals surface area contributed by atoms with Gasteiger partial charge in [-0.25, -0.2) is 0 Å². The Hall–Kier alpha value is -1.52. The Morgan fingerprint density at radius 3 is 2.33 bits per heavy atom. The number of hydrogen-bond acceptors (Lipinski definition) is 3. The van der Waals surface area contributed by atoms with Gasteiger partial charge in [0, 0.05) is 16.1 Å². The molecule has 0 aromatic heterocycles. The molecule has 0 aliphatic heterocycles. The van der Waals surface area contributed by atoms with Crippen LogP contribution in [-0.4, -0.2) is 21.3 Å². The zero-order valence-electron chi connectivity index (χ0n) is 12.5. The molecule has 1 N–H and O–H groups in total. The molecule has 0 aliphatic carbocycles. The third-order valence-electron chi connectivity index (χ3n) is 3.52. The van der Waals surface area contributed by atoms with Crippen LogP contribution in [-0.2, 0) is 6.42 Å².